The van der Waals surface area contributed by atoms with Gasteiger partial charge in [0.2, 0.25) is 17.6 Å². The summed E-state index contributed by atoms with van der Waals surface area (Å²) in [6.45, 7) is 1.69. The molecule has 2 atom stereocenters. The van der Waals surface area contributed by atoms with E-state index in [0.717, 1.165) is 0 Å². The van der Waals surface area contributed by atoms with Gasteiger partial charge < -0.3 is 19.5 Å². The van der Waals surface area contributed by atoms with E-state index < -0.39 is 34.8 Å². The zero-order valence-electron chi connectivity index (χ0n) is 24.7. The monoisotopic (exact) mass is 609 g/mol. The van der Waals surface area contributed by atoms with Gasteiger partial charge in [0.15, 0.2) is 0 Å². The molecule has 4 bridgehead atoms. The molecule has 2 aliphatic rings. The molecule has 0 radical (unpaired) electrons. The molecule has 45 heavy (non-hydrogen) atoms. The van der Waals surface area contributed by atoms with Gasteiger partial charge in [-0.15, -0.1) is 0 Å². The lowest BCUT2D eigenvalue weighted by molar-refractivity contribution is -0.385. The first-order valence-electron chi connectivity index (χ1n) is 14.3. The van der Waals surface area contributed by atoms with Crippen molar-refractivity contribution in [2.75, 3.05) is 18.6 Å². The number of nitrogens with one attached hydrogen (secondary N) is 1. The minimum atomic E-state index is -1.22. The highest BCUT2D eigenvalue weighted by molar-refractivity contribution is 6.03. The Kier molecular flexibility index (Phi) is 9.37. The number of carbonyl (C=O) groups is 3. The van der Waals surface area contributed by atoms with Crippen LogP contribution in [0.5, 0.6) is 17.2 Å². The molecule has 230 valence electrons. The van der Waals surface area contributed by atoms with Gasteiger partial charge in [-0.1, -0.05) is 48.5 Å². The maximum absolute atomic E-state index is 14.3. The van der Waals surface area contributed by atoms with Crippen LogP contribution in [-0.2, 0) is 32.0 Å². The predicted octanol–water partition coefficient (Wildman–Crippen LogP) is 5.32. The Morgan fingerprint density at radius 2 is 1.73 bits per heavy atom. The first kappa shape index (κ1) is 30.7. The van der Waals surface area contributed by atoms with Crippen LogP contribution in [0, 0.1) is 10.1 Å². The Hall–Kier alpha value is -5.71. The molecule has 0 saturated heterocycles. The summed E-state index contributed by atoms with van der Waals surface area (Å²) in [5.74, 6) is -0.942. The third kappa shape index (κ3) is 7.10. The lowest BCUT2D eigenvalue weighted by Gasteiger charge is -2.33. The molecule has 0 saturated carbocycles. The van der Waals surface area contributed by atoms with Crippen LogP contribution < -0.4 is 19.7 Å². The van der Waals surface area contributed by atoms with Crippen LogP contribution in [-0.4, -0.2) is 42.5 Å². The zero-order valence-corrected chi connectivity index (χ0v) is 24.7. The Morgan fingerprint density at radius 3 is 2.42 bits per heavy atom. The quantitative estimate of drug-likeness (QED) is 0.176. The largest absolute Gasteiger partial charge is 0.497 e. The van der Waals surface area contributed by atoms with Crippen molar-refractivity contribution in [3.05, 3.63) is 124 Å². The molecule has 11 heteroatoms. The number of benzene rings is 4. The molecular weight excluding hydrogens is 578 g/mol. The summed E-state index contributed by atoms with van der Waals surface area (Å²) < 4.78 is 16.5. The van der Waals surface area contributed by atoms with Crippen molar-refractivity contribution in [2.45, 2.75) is 31.8 Å². The fourth-order valence-electron chi connectivity index (χ4n) is 5.18. The standard InChI is InChI=1S/C34H31N3O8/c1-3-44-34(40)28-19-23-12-17-30(29(20-23)37(41)42)45-27-11-7-8-22(18-27)21-31(38)36(25-13-15-26(43-2)16-14-25)32(33(39)35-28)24-9-5-4-6-10-24/h4-18,20,28,32H,3,19,21H2,1-2H3,(H,35,39). The molecule has 6 rings (SSSR count). The summed E-state index contributed by atoms with van der Waals surface area (Å²) in [4.78, 5) is 54.5. The number of rotatable bonds is 6. The number of methoxy groups -OCH3 is 1. The Balaban J connectivity index is 1.69. The highest BCUT2D eigenvalue weighted by atomic mass is 16.6. The van der Waals surface area contributed by atoms with Crippen molar-refractivity contribution in [3.8, 4) is 17.2 Å². The second-order valence-electron chi connectivity index (χ2n) is 10.3. The van der Waals surface area contributed by atoms with Gasteiger partial charge in [0, 0.05) is 18.2 Å². The van der Waals surface area contributed by atoms with Crippen LogP contribution in [0.2, 0.25) is 0 Å². The van der Waals surface area contributed by atoms with E-state index in [1.54, 1.807) is 91.9 Å². The van der Waals surface area contributed by atoms with Crippen molar-refractivity contribution in [2.24, 2.45) is 0 Å². The summed E-state index contributed by atoms with van der Waals surface area (Å²) in [7, 11) is 1.53. The number of nitro groups is 1. The summed E-state index contributed by atoms with van der Waals surface area (Å²) in [6.07, 6.45) is -0.249. The SMILES string of the molecule is CCOC(=O)C1Cc2ccc(c([N+](=O)[O-])c2)Oc2cccc(c2)CC(=O)N(c2ccc(OC)cc2)C(c2ccccc2)C(=O)N1. The maximum atomic E-state index is 14.3. The predicted molar refractivity (Wildman–Crippen MR) is 165 cm³/mol. The van der Waals surface area contributed by atoms with Gasteiger partial charge in [0.05, 0.1) is 25.1 Å². The van der Waals surface area contributed by atoms with Crippen molar-refractivity contribution in [1.29, 1.82) is 0 Å². The third-order valence-electron chi connectivity index (χ3n) is 7.27. The van der Waals surface area contributed by atoms with E-state index in [2.05, 4.69) is 5.32 Å². The van der Waals surface area contributed by atoms with Crippen LogP contribution in [0.1, 0.15) is 29.7 Å². The molecule has 4 aromatic carbocycles. The molecular formula is C34H31N3O8. The van der Waals surface area contributed by atoms with Crippen molar-refractivity contribution >= 4 is 29.2 Å². The fraction of sp³-hybridized carbons (Fsp3) is 0.206. The van der Waals surface area contributed by atoms with Crippen molar-refractivity contribution < 1.29 is 33.5 Å². The molecule has 0 fully saturated rings. The first-order valence-corrected chi connectivity index (χ1v) is 14.3. The molecule has 0 aromatic heterocycles. The van der Waals surface area contributed by atoms with E-state index >= 15 is 0 Å². The zero-order chi connectivity index (χ0) is 31.9. The second kappa shape index (κ2) is 13.7. The van der Waals surface area contributed by atoms with Crippen molar-refractivity contribution in [3.63, 3.8) is 0 Å². The second-order valence-corrected chi connectivity index (χ2v) is 10.3. The van der Waals surface area contributed by atoms with Crippen LogP contribution in [0.25, 0.3) is 0 Å². The minimum absolute atomic E-state index is 0.0139. The number of hydrogen-bond acceptors (Lipinski definition) is 8. The van der Waals surface area contributed by atoms with Crippen molar-refractivity contribution in [1.82, 2.24) is 5.32 Å². The van der Waals surface area contributed by atoms with Gasteiger partial charge in [-0.25, -0.2) is 4.79 Å². The molecule has 2 amide bonds. The molecule has 1 N–H and O–H groups in total. The Labute approximate surface area is 259 Å². The first-order chi connectivity index (χ1) is 21.8. The van der Waals surface area contributed by atoms with Gasteiger partial charge in [-0.2, -0.15) is 0 Å². The number of hydrogen-bond donors (Lipinski definition) is 1. The highest BCUT2D eigenvalue weighted by Crippen LogP contribution is 2.35. The van der Waals surface area contributed by atoms with Crippen LogP contribution in [0.3, 0.4) is 0 Å². The molecule has 2 heterocycles. The summed E-state index contributed by atoms with van der Waals surface area (Å²) in [6, 6.07) is 24.1. The normalized spacial score (nSPS) is 16.8. The number of nitro benzene ring substituents is 1. The van der Waals surface area contributed by atoms with E-state index in [9.17, 15) is 24.5 Å². The smallest absolute Gasteiger partial charge is 0.328 e. The summed E-state index contributed by atoms with van der Waals surface area (Å²) in [5.41, 5.74) is 1.56. The average Bonchev–Trinajstić information content (AvgIpc) is 3.04. The van der Waals surface area contributed by atoms with Gasteiger partial charge in [0.25, 0.3) is 0 Å². The number of nitrogens with zero attached hydrogens (tertiary/aromatic N) is 2. The molecule has 4 aromatic rings. The molecule has 0 aliphatic carbocycles. The van der Waals surface area contributed by atoms with E-state index in [1.807, 2.05) is 0 Å². The molecule has 2 unspecified atom stereocenters. The highest BCUT2D eigenvalue weighted by Gasteiger charge is 2.36. The van der Waals surface area contributed by atoms with E-state index in [-0.39, 0.29) is 30.9 Å². The number of esters is 1. The average molecular weight is 610 g/mol. The Morgan fingerprint density at radius 1 is 0.978 bits per heavy atom. The van der Waals surface area contributed by atoms with E-state index in [4.69, 9.17) is 14.2 Å². The number of amides is 2. The van der Waals surface area contributed by atoms with Crippen LogP contribution in [0.4, 0.5) is 11.4 Å². The number of fused-ring (bicyclic) bond motifs is 9. The molecule has 0 spiro atoms. The number of carbonyl (C=O) groups excluding carboxylic acids is 3. The molecule has 2 aliphatic heterocycles. The van der Waals surface area contributed by atoms with Crippen LogP contribution >= 0.6 is 0 Å². The minimum Gasteiger partial charge on any atom is -0.497 e. The summed E-state index contributed by atoms with van der Waals surface area (Å²) >= 11 is 0. The van der Waals surface area contributed by atoms with Gasteiger partial charge in [-0.05, 0) is 66.1 Å². The molecule has 11 nitrogen and oxygen atoms in total. The van der Waals surface area contributed by atoms with Crippen LogP contribution in [0.15, 0.2) is 97.1 Å². The lowest BCUT2D eigenvalue weighted by Crippen LogP contribution is -2.50. The summed E-state index contributed by atoms with van der Waals surface area (Å²) in [5, 5.41) is 14.8. The van der Waals surface area contributed by atoms with Gasteiger partial charge >= 0.3 is 11.7 Å². The maximum Gasteiger partial charge on any atom is 0.328 e. The van der Waals surface area contributed by atoms with E-state index in [1.165, 1.54) is 24.1 Å². The fourth-order valence-corrected chi connectivity index (χ4v) is 5.18. The number of ether oxygens (including phenoxy) is 3. The van der Waals surface area contributed by atoms with E-state index in [0.29, 0.717) is 33.9 Å². The van der Waals surface area contributed by atoms with Gasteiger partial charge in [-0.3, -0.25) is 24.6 Å². The third-order valence-corrected chi connectivity index (χ3v) is 7.27. The topological polar surface area (TPSA) is 137 Å². The number of anilines is 1. The lowest BCUT2D eigenvalue weighted by atomic mass is 9.99. The Bertz CT molecular complexity index is 1710. The van der Waals surface area contributed by atoms with Gasteiger partial charge in [0.1, 0.15) is 23.6 Å².